The Kier molecular flexibility index (Phi) is 2.76. The summed E-state index contributed by atoms with van der Waals surface area (Å²) in [6, 6.07) is 13.7. The average molecular weight is 251 g/mol. The van der Waals surface area contributed by atoms with Gasteiger partial charge in [-0.3, -0.25) is 4.98 Å². The lowest BCUT2D eigenvalue weighted by Crippen LogP contribution is -1.97. The lowest BCUT2D eigenvalue weighted by atomic mass is 10.1. The van der Waals surface area contributed by atoms with Crippen LogP contribution in [0, 0.1) is 0 Å². The van der Waals surface area contributed by atoms with Gasteiger partial charge in [0.05, 0.1) is 18.3 Å². The number of fused-ring (bicyclic) bond motifs is 1. The Balaban J connectivity index is 2.11. The van der Waals surface area contributed by atoms with Gasteiger partial charge in [0.2, 0.25) is 0 Å². The van der Waals surface area contributed by atoms with Crippen molar-refractivity contribution in [2.75, 3.05) is 12.8 Å². The van der Waals surface area contributed by atoms with E-state index in [4.69, 9.17) is 10.5 Å². The number of rotatable bonds is 2. The minimum Gasteiger partial charge on any atom is -0.493 e. The molecule has 0 aliphatic rings. The molecule has 94 valence electrons. The highest BCUT2D eigenvalue weighted by Gasteiger charge is 2.06. The molecule has 0 fully saturated rings. The van der Waals surface area contributed by atoms with E-state index < -0.39 is 0 Å². The van der Waals surface area contributed by atoms with Crippen LogP contribution in [0.2, 0.25) is 0 Å². The summed E-state index contributed by atoms with van der Waals surface area (Å²) in [5.41, 5.74) is 8.52. The average Bonchev–Trinajstić information content (AvgIpc) is 2.46. The van der Waals surface area contributed by atoms with Crippen molar-refractivity contribution in [1.29, 1.82) is 0 Å². The van der Waals surface area contributed by atoms with Gasteiger partial charge in [-0.15, -0.1) is 0 Å². The standard InChI is InChI=1S/C15H13N3O/c1-19-14-7-6-13(18-15(14)16)11-8-10-4-2-3-5-12(10)17-9-11/h2-9H,1H3,(H2,16,18). The number of hydrogen-bond donors (Lipinski definition) is 1. The highest BCUT2D eigenvalue weighted by molar-refractivity contribution is 5.83. The predicted molar refractivity (Wildman–Crippen MR) is 75.9 cm³/mol. The van der Waals surface area contributed by atoms with Crippen LogP contribution in [0.25, 0.3) is 22.2 Å². The Labute approximate surface area is 110 Å². The molecule has 0 aliphatic heterocycles. The molecule has 1 aromatic carbocycles. The first-order valence-corrected chi connectivity index (χ1v) is 5.93. The fourth-order valence-electron chi connectivity index (χ4n) is 2.01. The molecule has 2 heterocycles. The largest absolute Gasteiger partial charge is 0.493 e. The van der Waals surface area contributed by atoms with Crippen LogP contribution >= 0.6 is 0 Å². The number of nitrogens with two attached hydrogens (primary N) is 1. The van der Waals surface area contributed by atoms with Crippen molar-refractivity contribution in [3.8, 4) is 17.0 Å². The summed E-state index contributed by atoms with van der Waals surface area (Å²) in [5, 5.41) is 1.08. The minimum absolute atomic E-state index is 0.383. The molecule has 19 heavy (non-hydrogen) atoms. The van der Waals surface area contributed by atoms with Crippen molar-refractivity contribution in [2.24, 2.45) is 0 Å². The first-order valence-electron chi connectivity index (χ1n) is 5.93. The van der Waals surface area contributed by atoms with E-state index in [1.165, 1.54) is 0 Å². The zero-order valence-electron chi connectivity index (χ0n) is 10.5. The number of benzene rings is 1. The Hall–Kier alpha value is -2.62. The van der Waals surface area contributed by atoms with Crippen molar-refractivity contribution < 1.29 is 4.74 Å². The van der Waals surface area contributed by atoms with Crippen LogP contribution in [-0.2, 0) is 0 Å². The molecule has 2 N–H and O–H groups in total. The van der Waals surface area contributed by atoms with Gasteiger partial charge in [-0.1, -0.05) is 18.2 Å². The summed E-state index contributed by atoms with van der Waals surface area (Å²) < 4.78 is 5.10. The van der Waals surface area contributed by atoms with Crippen LogP contribution < -0.4 is 10.5 Å². The first kappa shape index (κ1) is 11.5. The van der Waals surface area contributed by atoms with E-state index in [9.17, 15) is 0 Å². The molecule has 4 heteroatoms. The van der Waals surface area contributed by atoms with Crippen molar-refractivity contribution in [3.05, 3.63) is 48.7 Å². The van der Waals surface area contributed by atoms with Gasteiger partial charge < -0.3 is 10.5 Å². The van der Waals surface area contributed by atoms with Crippen LogP contribution in [0.4, 0.5) is 5.82 Å². The molecule has 0 spiro atoms. The fourth-order valence-corrected chi connectivity index (χ4v) is 2.01. The van der Waals surface area contributed by atoms with E-state index in [2.05, 4.69) is 16.0 Å². The Bertz CT molecular complexity index is 740. The first-order chi connectivity index (χ1) is 9.28. The number of nitrogen functional groups attached to an aromatic ring is 1. The van der Waals surface area contributed by atoms with E-state index in [0.717, 1.165) is 22.2 Å². The normalized spacial score (nSPS) is 10.6. The van der Waals surface area contributed by atoms with E-state index >= 15 is 0 Å². The van der Waals surface area contributed by atoms with Gasteiger partial charge in [0.1, 0.15) is 0 Å². The summed E-state index contributed by atoms with van der Waals surface area (Å²) in [7, 11) is 1.57. The quantitative estimate of drug-likeness (QED) is 0.760. The number of nitrogens with zero attached hydrogens (tertiary/aromatic N) is 2. The van der Waals surface area contributed by atoms with Gasteiger partial charge in [0.15, 0.2) is 11.6 Å². The number of aromatic nitrogens is 2. The van der Waals surface area contributed by atoms with Gasteiger partial charge in [0.25, 0.3) is 0 Å². The van der Waals surface area contributed by atoms with E-state index in [1.807, 2.05) is 36.4 Å². The summed E-state index contributed by atoms with van der Waals surface area (Å²) in [6.07, 6.45) is 1.80. The van der Waals surface area contributed by atoms with Crippen LogP contribution in [0.15, 0.2) is 48.7 Å². The lowest BCUT2D eigenvalue weighted by molar-refractivity contribution is 0.415. The lowest BCUT2D eigenvalue weighted by Gasteiger charge is -2.06. The molecule has 3 rings (SSSR count). The monoisotopic (exact) mass is 251 g/mol. The maximum atomic E-state index is 5.83. The molecule has 4 nitrogen and oxygen atoms in total. The third-order valence-electron chi connectivity index (χ3n) is 2.99. The van der Waals surface area contributed by atoms with Crippen LogP contribution in [-0.4, -0.2) is 17.1 Å². The molecule has 0 bridgehead atoms. The molecule has 0 atom stereocenters. The number of hydrogen-bond acceptors (Lipinski definition) is 4. The maximum absolute atomic E-state index is 5.83. The zero-order valence-corrected chi connectivity index (χ0v) is 10.5. The summed E-state index contributed by atoms with van der Waals surface area (Å²) in [6.45, 7) is 0. The molecule has 2 aromatic heterocycles. The van der Waals surface area contributed by atoms with Crippen molar-refractivity contribution in [2.45, 2.75) is 0 Å². The third-order valence-corrected chi connectivity index (χ3v) is 2.99. The van der Waals surface area contributed by atoms with Crippen molar-refractivity contribution in [3.63, 3.8) is 0 Å². The highest BCUT2D eigenvalue weighted by Crippen LogP contribution is 2.26. The Morgan fingerprint density at radius 1 is 1.11 bits per heavy atom. The topological polar surface area (TPSA) is 61.0 Å². The molecule has 0 radical (unpaired) electrons. The molecule has 0 saturated carbocycles. The second kappa shape index (κ2) is 4.57. The van der Waals surface area contributed by atoms with Crippen molar-refractivity contribution >= 4 is 16.7 Å². The van der Waals surface area contributed by atoms with Gasteiger partial charge in [0, 0.05) is 17.1 Å². The second-order valence-corrected chi connectivity index (χ2v) is 4.20. The molecule has 0 unspecified atom stereocenters. The van der Waals surface area contributed by atoms with E-state index in [0.29, 0.717) is 11.6 Å². The maximum Gasteiger partial charge on any atom is 0.166 e. The van der Waals surface area contributed by atoms with Gasteiger partial charge in [-0.2, -0.15) is 0 Å². The number of anilines is 1. The SMILES string of the molecule is COc1ccc(-c2cnc3ccccc3c2)nc1N. The van der Waals surface area contributed by atoms with E-state index in [1.54, 1.807) is 13.3 Å². The number of para-hydroxylation sites is 1. The van der Waals surface area contributed by atoms with Crippen molar-refractivity contribution in [1.82, 2.24) is 9.97 Å². The summed E-state index contributed by atoms with van der Waals surface area (Å²) >= 11 is 0. The van der Waals surface area contributed by atoms with E-state index in [-0.39, 0.29) is 0 Å². The van der Waals surface area contributed by atoms with Gasteiger partial charge >= 0.3 is 0 Å². The van der Waals surface area contributed by atoms with Crippen LogP contribution in [0.5, 0.6) is 5.75 Å². The Morgan fingerprint density at radius 2 is 1.95 bits per heavy atom. The molecular weight excluding hydrogens is 238 g/mol. The second-order valence-electron chi connectivity index (χ2n) is 4.20. The molecule has 3 aromatic rings. The summed E-state index contributed by atoms with van der Waals surface area (Å²) in [5.74, 6) is 0.964. The number of pyridine rings is 2. The van der Waals surface area contributed by atoms with Crippen LogP contribution in [0.1, 0.15) is 0 Å². The fraction of sp³-hybridized carbons (Fsp3) is 0.0667. The van der Waals surface area contributed by atoms with Gasteiger partial charge in [-0.05, 0) is 24.3 Å². The minimum atomic E-state index is 0.383. The molecule has 0 saturated heterocycles. The molecule has 0 amide bonds. The Morgan fingerprint density at radius 3 is 2.74 bits per heavy atom. The predicted octanol–water partition coefficient (Wildman–Crippen LogP) is 2.89. The number of methoxy groups -OCH3 is 1. The summed E-state index contributed by atoms with van der Waals surface area (Å²) in [4.78, 5) is 8.75. The smallest absolute Gasteiger partial charge is 0.166 e. The molecule has 0 aliphatic carbocycles. The third kappa shape index (κ3) is 2.08. The highest BCUT2D eigenvalue weighted by atomic mass is 16.5. The zero-order chi connectivity index (χ0) is 13.2. The molecular formula is C15H13N3O. The number of ether oxygens (including phenoxy) is 1. The van der Waals surface area contributed by atoms with Crippen LogP contribution in [0.3, 0.4) is 0 Å². The van der Waals surface area contributed by atoms with Gasteiger partial charge in [-0.25, -0.2) is 4.98 Å².